The quantitative estimate of drug-likeness (QED) is 0.869. The lowest BCUT2D eigenvalue weighted by Gasteiger charge is -2.06. The number of aromatic amines is 1. The van der Waals surface area contributed by atoms with Gasteiger partial charge in [-0.1, -0.05) is 0 Å². The molecular formula is C13H13N3O3. The number of nitrogens with one attached hydrogen (secondary N) is 2. The van der Waals surface area contributed by atoms with Crippen molar-refractivity contribution in [3.8, 4) is 5.75 Å². The Morgan fingerprint density at radius 3 is 2.58 bits per heavy atom. The molecule has 1 aromatic heterocycles. The van der Waals surface area contributed by atoms with Crippen molar-refractivity contribution in [2.24, 2.45) is 0 Å². The largest absolute Gasteiger partial charge is 0.494 e. The van der Waals surface area contributed by atoms with E-state index in [1.807, 2.05) is 6.92 Å². The number of carbonyl (C=O) groups excluding carboxylic acids is 1. The van der Waals surface area contributed by atoms with Gasteiger partial charge in [-0.3, -0.25) is 9.59 Å². The maximum atomic E-state index is 11.8. The summed E-state index contributed by atoms with van der Waals surface area (Å²) in [6, 6.07) is 9.60. The minimum atomic E-state index is -0.389. The second-order valence-corrected chi connectivity index (χ2v) is 3.72. The molecule has 0 fully saturated rings. The SMILES string of the molecule is CCOc1ccc(NC(=O)c2ccc(=O)[nH]n2)cc1. The lowest BCUT2D eigenvalue weighted by atomic mass is 10.3. The van der Waals surface area contributed by atoms with Gasteiger partial charge in [-0.2, -0.15) is 5.10 Å². The first kappa shape index (κ1) is 12.8. The van der Waals surface area contributed by atoms with Crippen molar-refractivity contribution in [3.05, 3.63) is 52.4 Å². The predicted molar refractivity (Wildman–Crippen MR) is 70.4 cm³/mol. The molecule has 2 N–H and O–H groups in total. The molecule has 2 aromatic rings. The van der Waals surface area contributed by atoms with Crippen molar-refractivity contribution < 1.29 is 9.53 Å². The van der Waals surface area contributed by atoms with Crippen LogP contribution in [0.5, 0.6) is 5.75 Å². The summed E-state index contributed by atoms with van der Waals surface area (Å²) in [6.45, 7) is 2.49. The van der Waals surface area contributed by atoms with Crippen LogP contribution >= 0.6 is 0 Å². The van der Waals surface area contributed by atoms with Crippen molar-refractivity contribution in [1.29, 1.82) is 0 Å². The highest BCUT2D eigenvalue weighted by Gasteiger charge is 2.07. The van der Waals surface area contributed by atoms with Crippen LogP contribution in [0, 0.1) is 0 Å². The third kappa shape index (κ3) is 3.41. The van der Waals surface area contributed by atoms with Crippen LogP contribution in [-0.4, -0.2) is 22.7 Å². The summed E-state index contributed by atoms with van der Waals surface area (Å²) in [7, 11) is 0. The first-order valence-corrected chi connectivity index (χ1v) is 5.79. The Balaban J connectivity index is 2.06. The summed E-state index contributed by atoms with van der Waals surface area (Å²) in [5.41, 5.74) is 0.424. The molecule has 0 saturated heterocycles. The van der Waals surface area contributed by atoms with Gasteiger partial charge in [0.05, 0.1) is 6.61 Å². The van der Waals surface area contributed by atoms with Gasteiger partial charge >= 0.3 is 0 Å². The fraction of sp³-hybridized carbons (Fsp3) is 0.154. The van der Waals surface area contributed by atoms with E-state index in [4.69, 9.17) is 4.74 Å². The fourth-order valence-corrected chi connectivity index (χ4v) is 1.47. The van der Waals surface area contributed by atoms with E-state index in [0.717, 1.165) is 5.75 Å². The molecule has 19 heavy (non-hydrogen) atoms. The monoisotopic (exact) mass is 259 g/mol. The van der Waals surface area contributed by atoms with E-state index in [1.54, 1.807) is 24.3 Å². The minimum absolute atomic E-state index is 0.147. The highest BCUT2D eigenvalue weighted by atomic mass is 16.5. The van der Waals surface area contributed by atoms with E-state index < -0.39 is 0 Å². The molecule has 1 aromatic carbocycles. The van der Waals surface area contributed by atoms with Crippen molar-refractivity contribution in [2.75, 3.05) is 11.9 Å². The summed E-state index contributed by atoms with van der Waals surface area (Å²) < 4.78 is 5.30. The maximum absolute atomic E-state index is 11.8. The van der Waals surface area contributed by atoms with Crippen molar-refractivity contribution in [2.45, 2.75) is 6.92 Å². The number of hydrogen-bond acceptors (Lipinski definition) is 4. The molecule has 0 aliphatic rings. The molecule has 2 rings (SSSR count). The number of rotatable bonds is 4. The summed E-state index contributed by atoms with van der Waals surface area (Å²) in [5.74, 6) is 0.350. The highest BCUT2D eigenvalue weighted by Crippen LogP contribution is 2.15. The number of amides is 1. The molecule has 98 valence electrons. The lowest BCUT2D eigenvalue weighted by molar-refractivity contribution is 0.102. The smallest absolute Gasteiger partial charge is 0.276 e. The molecule has 6 nitrogen and oxygen atoms in total. The second-order valence-electron chi connectivity index (χ2n) is 3.72. The predicted octanol–water partition coefficient (Wildman–Crippen LogP) is 1.42. The van der Waals surface area contributed by atoms with Crippen molar-refractivity contribution in [1.82, 2.24) is 10.2 Å². The minimum Gasteiger partial charge on any atom is -0.494 e. The van der Waals surface area contributed by atoms with Crippen LogP contribution in [0.3, 0.4) is 0 Å². The van der Waals surface area contributed by atoms with E-state index in [0.29, 0.717) is 12.3 Å². The van der Waals surface area contributed by atoms with E-state index in [9.17, 15) is 9.59 Å². The number of aromatic nitrogens is 2. The standard InChI is InChI=1S/C13H13N3O3/c1-2-19-10-5-3-9(4-6-10)14-13(18)11-7-8-12(17)16-15-11/h3-8H,2H2,1H3,(H,14,18)(H,16,17). The van der Waals surface area contributed by atoms with Gasteiger partial charge in [0.1, 0.15) is 11.4 Å². The molecule has 0 aliphatic heterocycles. The number of ether oxygens (including phenoxy) is 1. The molecule has 1 heterocycles. The number of hydrogen-bond donors (Lipinski definition) is 2. The van der Waals surface area contributed by atoms with Gasteiger partial charge in [0.25, 0.3) is 11.5 Å². The van der Waals surface area contributed by atoms with Crippen molar-refractivity contribution >= 4 is 11.6 Å². The Bertz CT molecular complexity index is 599. The molecular weight excluding hydrogens is 246 g/mol. The van der Waals surface area contributed by atoms with Gasteiger partial charge in [0.15, 0.2) is 0 Å². The van der Waals surface area contributed by atoms with Gasteiger partial charge in [0.2, 0.25) is 0 Å². The summed E-state index contributed by atoms with van der Waals surface area (Å²) >= 11 is 0. The molecule has 0 atom stereocenters. The number of H-pyrrole nitrogens is 1. The molecule has 0 radical (unpaired) electrons. The van der Waals surface area contributed by atoms with E-state index in [2.05, 4.69) is 15.5 Å². The van der Waals surface area contributed by atoms with E-state index in [1.165, 1.54) is 12.1 Å². The Labute approximate surface area is 109 Å². The van der Waals surface area contributed by atoms with Gasteiger partial charge in [-0.15, -0.1) is 0 Å². The third-order valence-corrected chi connectivity index (χ3v) is 2.33. The average molecular weight is 259 g/mol. The molecule has 0 saturated carbocycles. The molecule has 0 unspecified atom stereocenters. The normalized spacial score (nSPS) is 9.95. The van der Waals surface area contributed by atoms with Crippen LogP contribution in [0.15, 0.2) is 41.2 Å². The second kappa shape index (κ2) is 5.81. The zero-order chi connectivity index (χ0) is 13.7. The average Bonchev–Trinajstić information content (AvgIpc) is 2.42. The Morgan fingerprint density at radius 2 is 2.00 bits per heavy atom. The molecule has 1 amide bonds. The number of carbonyl (C=O) groups is 1. The number of anilines is 1. The zero-order valence-electron chi connectivity index (χ0n) is 10.3. The maximum Gasteiger partial charge on any atom is 0.276 e. The van der Waals surface area contributed by atoms with Gasteiger partial charge in [-0.25, -0.2) is 5.10 Å². The topological polar surface area (TPSA) is 84.1 Å². The van der Waals surface area contributed by atoms with Crippen LogP contribution in [0.2, 0.25) is 0 Å². The van der Waals surface area contributed by atoms with Crippen LogP contribution in [-0.2, 0) is 0 Å². The summed E-state index contributed by atoms with van der Waals surface area (Å²) in [5, 5.41) is 8.52. The van der Waals surface area contributed by atoms with Gasteiger partial charge in [0, 0.05) is 11.8 Å². The molecule has 0 spiro atoms. The summed E-state index contributed by atoms with van der Waals surface area (Å²) in [4.78, 5) is 22.6. The number of nitrogens with zero attached hydrogens (tertiary/aromatic N) is 1. The first-order chi connectivity index (χ1) is 9.19. The van der Waals surface area contributed by atoms with Crippen LogP contribution in [0.1, 0.15) is 17.4 Å². The highest BCUT2D eigenvalue weighted by molar-refractivity contribution is 6.02. The Kier molecular flexibility index (Phi) is 3.92. The third-order valence-electron chi connectivity index (χ3n) is 2.33. The van der Waals surface area contributed by atoms with E-state index >= 15 is 0 Å². The molecule has 0 aliphatic carbocycles. The number of benzene rings is 1. The van der Waals surface area contributed by atoms with E-state index in [-0.39, 0.29) is 17.2 Å². The zero-order valence-corrected chi connectivity index (χ0v) is 10.3. The van der Waals surface area contributed by atoms with Gasteiger partial charge < -0.3 is 10.1 Å². The Morgan fingerprint density at radius 1 is 1.26 bits per heavy atom. The molecule has 6 heteroatoms. The molecule has 0 bridgehead atoms. The first-order valence-electron chi connectivity index (χ1n) is 5.79. The summed E-state index contributed by atoms with van der Waals surface area (Å²) in [6.07, 6.45) is 0. The van der Waals surface area contributed by atoms with Gasteiger partial charge in [-0.05, 0) is 37.3 Å². The lowest BCUT2D eigenvalue weighted by Crippen LogP contribution is -2.17. The fourth-order valence-electron chi connectivity index (χ4n) is 1.47. The van der Waals surface area contributed by atoms with Crippen LogP contribution < -0.4 is 15.6 Å². The van der Waals surface area contributed by atoms with Crippen LogP contribution in [0.4, 0.5) is 5.69 Å². The van der Waals surface area contributed by atoms with Crippen molar-refractivity contribution in [3.63, 3.8) is 0 Å². The Hall–Kier alpha value is -2.63. The van der Waals surface area contributed by atoms with Crippen LogP contribution in [0.25, 0.3) is 0 Å².